The maximum Gasteiger partial charge on any atom is 0.306 e. The van der Waals surface area contributed by atoms with Crippen molar-refractivity contribution in [2.75, 3.05) is 11.9 Å². The van der Waals surface area contributed by atoms with E-state index in [0.29, 0.717) is 0 Å². The van der Waals surface area contributed by atoms with E-state index in [0.717, 1.165) is 12.1 Å². The molecule has 0 heterocycles. The van der Waals surface area contributed by atoms with E-state index < -0.39 is 35.0 Å². The summed E-state index contributed by atoms with van der Waals surface area (Å²) in [7, 11) is 0. The number of halogens is 1. The van der Waals surface area contributed by atoms with Gasteiger partial charge in [-0.1, -0.05) is 6.07 Å². The zero-order valence-electron chi connectivity index (χ0n) is 14.7. The number of rotatable bonds is 9. The van der Waals surface area contributed by atoms with Crippen LogP contribution in [0.15, 0.2) is 48.5 Å². The molecule has 0 unspecified atom stereocenters. The van der Waals surface area contributed by atoms with Crippen molar-refractivity contribution in [1.29, 1.82) is 0 Å². The molecule has 0 saturated heterocycles. The van der Waals surface area contributed by atoms with Gasteiger partial charge in [-0.05, 0) is 36.8 Å². The van der Waals surface area contributed by atoms with Gasteiger partial charge in [-0.2, -0.15) is 0 Å². The number of hydrogen-bond acceptors (Lipinski definition) is 6. The van der Waals surface area contributed by atoms with E-state index >= 15 is 0 Å². The first kappa shape index (κ1) is 20.7. The number of esters is 1. The molecule has 0 saturated carbocycles. The van der Waals surface area contributed by atoms with Crippen LogP contribution in [0.25, 0.3) is 0 Å². The van der Waals surface area contributed by atoms with Crippen LogP contribution >= 0.6 is 0 Å². The minimum absolute atomic E-state index is 0.00367. The molecule has 2 aromatic carbocycles. The molecule has 0 bridgehead atoms. The molecule has 146 valence electrons. The van der Waals surface area contributed by atoms with E-state index in [1.54, 1.807) is 0 Å². The third kappa shape index (κ3) is 6.60. The van der Waals surface area contributed by atoms with Crippen LogP contribution in [0.5, 0.6) is 0 Å². The number of amides is 1. The monoisotopic (exact) mass is 388 g/mol. The Bertz CT molecular complexity index is 882. The molecule has 0 spiro atoms. The lowest BCUT2D eigenvalue weighted by atomic mass is 10.1. The summed E-state index contributed by atoms with van der Waals surface area (Å²) in [5, 5.41) is 13.2. The van der Waals surface area contributed by atoms with E-state index in [-0.39, 0.29) is 36.2 Å². The van der Waals surface area contributed by atoms with Crippen LogP contribution in [0.1, 0.15) is 29.6 Å². The van der Waals surface area contributed by atoms with Crippen LogP contribution in [0.3, 0.4) is 0 Å². The van der Waals surface area contributed by atoms with E-state index in [4.69, 9.17) is 4.74 Å². The summed E-state index contributed by atoms with van der Waals surface area (Å²) >= 11 is 0. The molecule has 1 N–H and O–H groups in total. The molecule has 2 aromatic rings. The Morgan fingerprint density at radius 3 is 2.46 bits per heavy atom. The van der Waals surface area contributed by atoms with Crippen molar-refractivity contribution in [3.8, 4) is 0 Å². The van der Waals surface area contributed by atoms with E-state index in [2.05, 4.69) is 5.32 Å². The second kappa shape index (κ2) is 9.91. The molecule has 0 atom stereocenters. The second-order valence-corrected chi connectivity index (χ2v) is 5.80. The fourth-order valence-corrected chi connectivity index (χ4v) is 2.25. The predicted octanol–water partition coefficient (Wildman–Crippen LogP) is 3.27. The molecule has 0 radical (unpaired) electrons. The van der Waals surface area contributed by atoms with Gasteiger partial charge in [0.05, 0.1) is 4.92 Å². The first-order valence-electron chi connectivity index (χ1n) is 8.34. The molecule has 0 fully saturated rings. The Morgan fingerprint density at radius 2 is 1.79 bits per heavy atom. The number of hydrogen-bond donors (Lipinski definition) is 1. The third-order valence-corrected chi connectivity index (χ3v) is 3.66. The summed E-state index contributed by atoms with van der Waals surface area (Å²) < 4.78 is 17.6. The number of nitrogens with zero attached hydrogens (tertiary/aromatic N) is 1. The third-order valence-electron chi connectivity index (χ3n) is 3.66. The van der Waals surface area contributed by atoms with Gasteiger partial charge in [-0.25, -0.2) is 4.39 Å². The fraction of sp³-hybridized carbons (Fsp3) is 0.211. The zero-order valence-corrected chi connectivity index (χ0v) is 14.7. The predicted molar refractivity (Wildman–Crippen MR) is 97.3 cm³/mol. The van der Waals surface area contributed by atoms with Crippen molar-refractivity contribution in [2.24, 2.45) is 0 Å². The molecule has 0 aliphatic rings. The zero-order chi connectivity index (χ0) is 20.5. The largest absolute Gasteiger partial charge is 0.457 e. The van der Waals surface area contributed by atoms with Gasteiger partial charge in [0.1, 0.15) is 5.82 Å². The number of benzene rings is 2. The number of carbonyl (C=O) groups is 3. The number of Topliss-reactive ketones (excluding diaryl/α,β-unsaturated/α-hetero) is 1. The maximum atomic E-state index is 12.8. The number of nitro benzene ring substituents is 1. The van der Waals surface area contributed by atoms with Crippen molar-refractivity contribution in [3.05, 3.63) is 70.0 Å². The summed E-state index contributed by atoms with van der Waals surface area (Å²) in [6.45, 7) is -0.468. The molecule has 0 aliphatic heterocycles. The van der Waals surface area contributed by atoms with E-state index in [9.17, 15) is 28.9 Å². The van der Waals surface area contributed by atoms with Crippen LogP contribution in [-0.4, -0.2) is 29.2 Å². The quantitative estimate of drug-likeness (QED) is 0.305. The van der Waals surface area contributed by atoms with E-state index in [1.807, 2.05) is 0 Å². The van der Waals surface area contributed by atoms with Crippen LogP contribution in [0, 0.1) is 15.9 Å². The topological polar surface area (TPSA) is 116 Å². The van der Waals surface area contributed by atoms with Crippen LogP contribution in [0.2, 0.25) is 0 Å². The van der Waals surface area contributed by atoms with Crippen LogP contribution in [-0.2, 0) is 14.3 Å². The fourth-order valence-electron chi connectivity index (χ4n) is 2.25. The number of ketones is 1. The lowest BCUT2D eigenvalue weighted by molar-refractivity contribution is -0.384. The van der Waals surface area contributed by atoms with Crippen molar-refractivity contribution in [2.45, 2.75) is 19.3 Å². The molecular formula is C19H17FN2O6. The van der Waals surface area contributed by atoms with E-state index in [1.165, 1.54) is 36.4 Å². The van der Waals surface area contributed by atoms with Gasteiger partial charge >= 0.3 is 5.97 Å². The Balaban J connectivity index is 1.69. The maximum absolute atomic E-state index is 12.8. The van der Waals surface area contributed by atoms with Crippen molar-refractivity contribution in [3.63, 3.8) is 0 Å². The summed E-state index contributed by atoms with van der Waals surface area (Å²) in [6.07, 6.45) is 0.118. The SMILES string of the molecule is O=C(CCCC(=O)OCC(=O)c1ccc(F)cc1)Nc1cccc([N+](=O)[O-])c1. The van der Waals surface area contributed by atoms with Gasteiger partial charge in [0, 0.05) is 36.2 Å². The highest BCUT2D eigenvalue weighted by atomic mass is 19.1. The van der Waals surface area contributed by atoms with Gasteiger partial charge < -0.3 is 10.1 Å². The molecule has 2 rings (SSSR count). The number of carbonyl (C=O) groups excluding carboxylic acids is 3. The van der Waals surface area contributed by atoms with Gasteiger partial charge in [-0.15, -0.1) is 0 Å². The number of ether oxygens (including phenoxy) is 1. The molecule has 9 heteroatoms. The Morgan fingerprint density at radius 1 is 1.07 bits per heavy atom. The summed E-state index contributed by atoms with van der Waals surface area (Å²) in [4.78, 5) is 45.4. The highest BCUT2D eigenvalue weighted by Crippen LogP contribution is 2.17. The van der Waals surface area contributed by atoms with Gasteiger partial charge in [0.2, 0.25) is 5.91 Å². The smallest absolute Gasteiger partial charge is 0.306 e. The van der Waals surface area contributed by atoms with Crippen molar-refractivity contribution >= 4 is 29.0 Å². The van der Waals surface area contributed by atoms with Crippen molar-refractivity contribution < 1.29 is 28.4 Å². The second-order valence-electron chi connectivity index (χ2n) is 5.80. The Hall–Kier alpha value is -3.62. The minimum atomic E-state index is -0.640. The van der Waals surface area contributed by atoms with Crippen LogP contribution in [0.4, 0.5) is 15.8 Å². The highest BCUT2D eigenvalue weighted by Gasteiger charge is 2.12. The average molecular weight is 388 g/mol. The lowest BCUT2D eigenvalue weighted by Gasteiger charge is -2.06. The summed E-state index contributed by atoms with van der Waals surface area (Å²) in [6, 6.07) is 10.4. The first-order valence-corrected chi connectivity index (χ1v) is 8.34. The molecule has 0 aromatic heterocycles. The average Bonchev–Trinajstić information content (AvgIpc) is 2.66. The standard InChI is InChI=1S/C19H17FN2O6/c20-14-9-7-13(8-10-14)17(23)12-28-19(25)6-2-5-18(24)21-15-3-1-4-16(11-15)22(26)27/h1,3-4,7-11H,2,5-6,12H2,(H,21,24). The van der Waals surface area contributed by atoms with Gasteiger partial charge in [0.15, 0.2) is 12.4 Å². The summed E-state index contributed by atoms with van der Waals surface area (Å²) in [5.41, 5.74) is 0.365. The number of non-ortho nitro benzene ring substituents is 1. The molecule has 8 nitrogen and oxygen atoms in total. The first-order chi connectivity index (χ1) is 13.3. The van der Waals surface area contributed by atoms with Gasteiger partial charge in [0.25, 0.3) is 5.69 Å². The molecular weight excluding hydrogens is 371 g/mol. The Labute approximate surface area is 159 Å². The van der Waals surface area contributed by atoms with Crippen molar-refractivity contribution in [1.82, 2.24) is 0 Å². The van der Waals surface area contributed by atoms with Crippen LogP contribution < -0.4 is 5.32 Å². The molecule has 0 aliphatic carbocycles. The normalized spacial score (nSPS) is 10.2. The van der Waals surface area contributed by atoms with Gasteiger partial charge in [-0.3, -0.25) is 24.5 Å². The minimum Gasteiger partial charge on any atom is -0.457 e. The highest BCUT2D eigenvalue weighted by molar-refractivity contribution is 5.98. The number of nitro groups is 1. The molecule has 1 amide bonds. The Kier molecular flexibility index (Phi) is 7.32. The number of nitrogens with one attached hydrogen (secondary N) is 1. The lowest BCUT2D eigenvalue weighted by Crippen LogP contribution is -2.15. The molecule has 28 heavy (non-hydrogen) atoms. The number of anilines is 1. The summed E-state index contributed by atoms with van der Waals surface area (Å²) in [5.74, 6) is -1.98.